The summed E-state index contributed by atoms with van der Waals surface area (Å²) in [7, 11) is 3.89. The molecule has 0 aliphatic heterocycles. The van der Waals surface area contributed by atoms with Crippen molar-refractivity contribution < 1.29 is 9.90 Å². The first-order valence-electron chi connectivity index (χ1n) is 6.43. The van der Waals surface area contributed by atoms with Gasteiger partial charge in [-0.1, -0.05) is 6.07 Å². The Balaban J connectivity index is 2.22. The number of fused-ring (bicyclic) bond motifs is 1. The van der Waals surface area contributed by atoms with Gasteiger partial charge in [-0.25, -0.2) is 4.79 Å². The van der Waals surface area contributed by atoms with E-state index in [0.717, 1.165) is 22.2 Å². The van der Waals surface area contributed by atoms with Crippen LogP contribution in [0.5, 0.6) is 0 Å². The molecule has 0 aliphatic carbocycles. The summed E-state index contributed by atoms with van der Waals surface area (Å²) in [5.41, 5.74) is 4.31. The van der Waals surface area contributed by atoms with Crippen molar-refractivity contribution in [2.24, 2.45) is 14.1 Å². The minimum absolute atomic E-state index is 0.357. The summed E-state index contributed by atoms with van der Waals surface area (Å²) in [4.78, 5) is 11.2. The van der Waals surface area contributed by atoms with Crippen molar-refractivity contribution in [3.63, 3.8) is 0 Å². The molecule has 0 bridgehead atoms. The van der Waals surface area contributed by atoms with E-state index < -0.39 is 5.97 Å². The molecule has 102 valence electrons. The molecule has 0 fully saturated rings. The van der Waals surface area contributed by atoms with E-state index in [1.807, 2.05) is 37.8 Å². The molecule has 4 heteroatoms. The molecule has 1 aromatic carbocycles. The van der Waals surface area contributed by atoms with Crippen molar-refractivity contribution in [1.29, 1.82) is 0 Å². The summed E-state index contributed by atoms with van der Waals surface area (Å²) in [6.07, 6.45) is 3.69. The predicted octanol–water partition coefficient (Wildman–Crippen LogP) is 3.19. The number of benzene rings is 1. The Labute approximate surface area is 116 Å². The molecule has 0 spiro atoms. The maximum absolute atomic E-state index is 11.2. The molecule has 0 amide bonds. The molecule has 2 heterocycles. The van der Waals surface area contributed by atoms with Gasteiger partial charge < -0.3 is 14.2 Å². The maximum atomic E-state index is 11.2. The van der Waals surface area contributed by atoms with Gasteiger partial charge >= 0.3 is 5.97 Å². The highest BCUT2D eigenvalue weighted by molar-refractivity contribution is 5.93. The largest absolute Gasteiger partial charge is 0.478 e. The highest BCUT2D eigenvalue weighted by Gasteiger charge is 2.17. The molecule has 20 heavy (non-hydrogen) atoms. The number of nitrogens with zero attached hydrogens (tertiary/aromatic N) is 2. The summed E-state index contributed by atoms with van der Waals surface area (Å²) in [6.45, 7) is 1.86. The number of hydrogen-bond acceptors (Lipinski definition) is 1. The van der Waals surface area contributed by atoms with Gasteiger partial charge in [0.05, 0.1) is 11.3 Å². The first kappa shape index (κ1) is 12.5. The standard InChI is InChI=1S/C16H16N2O2/c1-10-13(16(19)20)9-18(3)15(10)12-4-5-14-11(8-12)6-7-17(14)2/h4-9H,1-3H3,(H,19,20). The van der Waals surface area contributed by atoms with E-state index in [1.54, 1.807) is 6.20 Å². The zero-order chi connectivity index (χ0) is 14.4. The third kappa shape index (κ3) is 1.72. The number of aromatic carboxylic acids is 1. The summed E-state index contributed by atoms with van der Waals surface area (Å²) in [5, 5.41) is 10.4. The number of carbonyl (C=O) groups is 1. The highest BCUT2D eigenvalue weighted by Crippen LogP contribution is 2.29. The average Bonchev–Trinajstić information content (AvgIpc) is 2.90. The molecule has 0 atom stereocenters. The summed E-state index contributed by atoms with van der Waals surface area (Å²) in [6, 6.07) is 8.27. The van der Waals surface area contributed by atoms with Gasteiger partial charge in [0.1, 0.15) is 0 Å². The third-order valence-corrected chi connectivity index (χ3v) is 3.82. The highest BCUT2D eigenvalue weighted by atomic mass is 16.4. The van der Waals surface area contributed by atoms with Crippen molar-refractivity contribution in [1.82, 2.24) is 9.13 Å². The quantitative estimate of drug-likeness (QED) is 0.776. The minimum Gasteiger partial charge on any atom is -0.478 e. The Morgan fingerprint density at radius 3 is 2.55 bits per heavy atom. The first-order valence-corrected chi connectivity index (χ1v) is 6.43. The Morgan fingerprint density at radius 2 is 1.90 bits per heavy atom. The lowest BCUT2D eigenvalue weighted by molar-refractivity contribution is 0.0696. The van der Waals surface area contributed by atoms with Crippen LogP contribution in [0.1, 0.15) is 15.9 Å². The molecule has 0 unspecified atom stereocenters. The fourth-order valence-corrected chi connectivity index (χ4v) is 2.81. The van der Waals surface area contributed by atoms with E-state index in [2.05, 4.69) is 22.8 Å². The molecule has 0 saturated heterocycles. The lowest BCUT2D eigenvalue weighted by Gasteiger charge is -2.06. The van der Waals surface area contributed by atoms with Gasteiger partial charge in [-0.3, -0.25) is 0 Å². The van der Waals surface area contributed by atoms with Crippen LogP contribution in [0.4, 0.5) is 0 Å². The van der Waals surface area contributed by atoms with E-state index in [4.69, 9.17) is 0 Å². The van der Waals surface area contributed by atoms with E-state index in [1.165, 1.54) is 5.52 Å². The van der Waals surface area contributed by atoms with E-state index in [9.17, 15) is 9.90 Å². The Bertz CT molecular complexity index is 824. The van der Waals surface area contributed by atoms with E-state index >= 15 is 0 Å². The summed E-state index contributed by atoms with van der Waals surface area (Å²) >= 11 is 0. The molecular weight excluding hydrogens is 252 g/mol. The van der Waals surface area contributed by atoms with Gasteiger partial charge in [-0.05, 0) is 36.2 Å². The minimum atomic E-state index is -0.884. The van der Waals surface area contributed by atoms with Crippen LogP contribution >= 0.6 is 0 Å². The van der Waals surface area contributed by atoms with Crippen LogP contribution in [-0.4, -0.2) is 20.2 Å². The number of carboxylic acids is 1. The third-order valence-electron chi connectivity index (χ3n) is 3.82. The molecule has 2 aromatic heterocycles. The lowest BCUT2D eigenvalue weighted by atomic mass is 10.0. The van der Waals surface area contributed by atoms with Crippen LogP contribution in [0, 0.1) is 6.92 Å². The summed E-state index contributed by atoms with van der Waals surface area (Å²) < 4.78 is 3.95. The van der Waals surface area contributed by atoms with Gasteiger partial charge in [0.25, 0.3) is 0 Å². The van der Waals surface area contributed by atoms with Crippen molar-refractivity contribution in [3.05, 3.63) is 47.8 Å². The van der Waals surface area contributed by atoms with Crippen molar-refractivity contribution in [3.8, 4) is 11.3 Å². The van der Waals surface area contributed by atoms with Crippen LogP contribution in [0.25, 0.3) is 22.2 Å². The van der Waals surface area contributed by atoms with Gasteiger partial charge in [0, 0.05) is 37.4 Å². The number of carboxylic acid groups (broad SMARTS) is 1. The molecule has 3 rings (SSSR count). The number of aryl methyl sites for hydroxylation is 2. The average molecular weight is 268 g/mol. The zero-order valence-corrected chi connectivity index (χ0v) is 11.7. The summed E-state index contributed by atoms with van der Waals surface area (Å²) in [5.74, 6) is -0.884. The maximum Gasteiger partial charge on any atom is 0.337 e. The Morgan fingerprint density at radius 1 is 1.15 bits per heavy atom. The van der Waals surface area contributed by atoms with E-state index in [0.29, 0.717) is 5.56 Å². The topological polar surface area (TPSA) is 47.2 Å². The molecule has 0 saturated carbocycles. The monoisotopic (exact) mass is 268 g/mol. The van der Waals surface area contributed by atoms with Gasteiger partial charge in [0.15, 0.2) is 0 Å². The second-order valence-electron chi connectivity index (χ2n) is 5.13. The van der Waals surface area contributed by atoms with Crippen LogP contribution in [-0.2, 0) is 14.1 Å². The normalized spacial score (nSPS) is 11.2. The SMILES string of the molecule is Cc1c(C(=O)O)cn(C)c1-c1ccc2c(ccn2C)c1. The first-order chi connectivity index (χ1) is 9.49. The van der Waals surface area contributed by atoms with Gasteiger partial charge in [-0.15, -0.1) is 0 Å². The zero-order valence-electron chi connectivity index (χ0n) is 11.7. The van der Waals surface area contributed by atoms with Crippen molar-refractivity contribution in [2.45, 2.75) is 6.92 Å². The Hall–Kier alpha value is -2.49. The fraction of sp³-hybridized carbons (Fsp3) is 0.188. The number of rotatable bonds is 2. The van der Waals surface area contributed by atoms with Crippen LogP contribution in [0.15, 0.2) is 36.7 Å². The lowest BCUT2D eigenvalue weighted by Crippen LogP contribution is -1.95. The number of hydrogen-bond donors (Lipinski definition) is 1. The second kappa shape index (κ2) is 4.27. The molecule has 1 N–H and O–H groups in total. The smallest absolute Gasteiger partial charge is 0.337 e. The van der Waals surface area contributed by atoms with Crippen molar-refractivity contribution in [2.75, 3.05) is 0 Å². The van der Waals surface area contributed by atoms with E-state index in [-0.39, 0.29) is 0 Å². The fourth-order valence-electron chi connectivity index (χ4n) is 2.81. The van der Waals surface area contributed by atoms with Crippen LogP contribution in [0.2, 0.25) is 0 Å². The molecule has 0 radical (unpaired) electrons. The number of aromatic nitrogens is 2. The van der Waals surface area contributed by atoms with Crippen LogP contribution < -0.4 is 0 Å². The molecule has 0 aliphatic rings. The molecular formula is C16H16N2O2. The Kier molecular flexibility index (Phi) is 2.67. The van der Waals surface area contributed by atoms with Gasteiger partial charge in [0.2, 0.25) is 0 Å². The predicted molar refractivity (Wildman–Crippen MR) is 79.0 cm³/mol. The van der Waals surface area contributed by atoms with Crippen LogP contribution in [0.3, 0.4) is 0 Å². The van der Waals surface area contributed by atoms with Crippen molar-refractivity contribution >= 4 is 16.9 Å². The molecule has 4 nitrogen and oxygen atoms in total. The second-order valence-corrected chi connectivity index (χ2v) is 5.13. The molecule has 3 aromatic rings. The van der Waals surface area contributed by atoms with Gasteiger partial charge in [-0.2, -0.15) is 0 Å².